The van der Waals surface area contributed by atoms with Gasteiger partial charge < -0.3 is 4.74 Å². The van der Waals surface area contributed by atoms with Crippen molar-refractivity contribution in [2.45, 2.75) is 13.8 Å². The first-order valence-corrected chi connectivity index (χ1v) is 7.73. The van der Waals surface area contributed by atoms with Crippen LogP contribution in [0.2, 0.25) is 0 Å². The molecule has 118 valence electrons. The summed E-state index contributed by atoms with van der Waals surface area (Å²) < 4.78 is 6.82. The highest BCUT2D eigenvalue weighted by atomic mass is 32.1. The molecular formula is C15H13N3O4S. The third-order valence-corrected chi connectivity index (χ3v) is 4.51. The van der Waals surface area contributed by atoms with E-state index in [9.17, 15) is 14.9 Å². The minimum Gasteiger partial charge on any atom is -0.462 e. The summed E-state index contributed by atoms with van der Waals surface area (Å²) in [6, 6.07) is 6.30. The van der Waals surface area contributed by atoms with Crippen LogP contribution in [0.1, 0.15) is 22.3 Å². The Morgan fingerprint density at radius 2 is 2.26 bits per heavy atom. The number of hydrogen-bond acceptors (Lipinski definition) is 6. The molecule has 0 unspecified atom stereocenters. The summed E-state index contributed by atoms with van der Waals surface area (Å²) in [5, 5.41) is 10.9. The smallest absolute Gasteiger partial charge is 0.350 e. The predicted molar refractivity (Wildman–Crippen MR) is 85.9 cm³/mol. The van der Waals surface area contributed by atoms with Crippen molar-refractivity contribution in [2.24, 2.45) is 0 Å². The Morgan fingerprint density at radius 3 is 2.91 bits per heavy atom. The first-order valence-electron chi connectivity index (χ1n) is 6.91. The molecule has 0 saturated heterocycles. The number of benzene rings is 1. The number of esters is 1. The molecule has 0 N–H and O–H groups in total. The van der Waals surface area contributed by atoms with Crippen LogP contribution in [0.15, 0.2) is 30.5 Å². The number of carbonyl (C=O) groups is 1. The standard InChI is InChI=1S/C15H13N3O4S/c1-3-22-14(19)13-9(2)17-8-12(16-15(17)23-13)10-5-4-6-11(7-10)18(20)21/h4-8H,3H2,1-2H3. The maximum absolute atomic E-state index is 11.9. The van der Waals surface area contributed by atoms with Gasteiger partial charge in [-0.25, -0.2) is 9.78 Å². The highest BCUT2D eigenvalue weighted by molar-refractivity contribution is 7.19. The number of nitro groups is 1. The van der Waals surface area contributed by atoms with Gasteiger partial charge in [-0.1, -0.05) is 23.5 Å². The van der Waals surface area contributed by atoms with Crippen molar-refractivity contribution < 1.29 is 14.5 Å². The first kappa shape index (κ1) is 15.2. The zero-order chi connectivity index (χ0) is 16.6. The number of aryl methyl sites for hydroxylation is 1. The van der Waals surface area contributed by atoms with Gasteiger partial charge in [0.1, 0.15) is 4.88 Å². The Kier molecular flexibility index (Phi) is 3.83. The number of imidazole rings is 1. The van der Waals surface area contributed by atoms with E-state index in [0.29, 0.717) is 27.7 Å². The van der Waals surface area contributed by atoms with E-state index < -0.39 is 4.92 Å². The molecule has 0 aliphatic heterocycles. The predicted octanol–water partition coefficient (Wildman–Crippen LogP) is 3.46. The van der Waals surface area contributed by atoms with Gasteiger partial charge in [0.15, 0.2) is 4.96 Å². The quantitative estimate of drug-likeness (QED) is 0.415. The lowest BCUT2D eigenvalue weighted by Crippen LogP contribution is -2.04. The molecule has 7 nitrogen and oxygen atoms in total. The second-order valence-corrected chi connectivity index (χ2v) is 5.80. The van der Waals surface area contributed by atoms with Crippen molar-refractivity contribution in [3.63, 3.8) is 0 Å². The molecule has 0 aliphatic carbocycles. The highest BCUT2D eigenvalue weighted by Gasteiger charge is 2.19. The molecule has 3 rings (SSSR count). The number of non-ortho nitro benzene ring substituents is 1. The number of nitrogens with zero attached hydrogens (tertiary/aromatic N) is 3. The Labute approximate surface area is 135 Å². The average molecular weight is 331 g/mol. The van der Waals surface area contributed by atoms with Crippen LogP contribution < -0.4 is 0 Å². The summed E-state index contributed by atoms with van der Waals surface area (Å²) in [6.07, 6.45) is 1.77. The molecular weight excluding hydrogens is 318 g/mol. The van der Waals surface area contributed by atoms with Crippen molar-refractivity contribution in [1.29, 1.82) is 0 Å². The second kappa shape index (κ2) is 5.81. The van der Waals surface area contributed by atoms with E-state index in [1.165, 1.54) is 23.5 Å². The van der Waals surface area contributed by atoms with Gasteiger partial charge in [0, 0.05) is 29.6 Å². The van der Waals surface area contributed by atoms with Crippen molar-refractivity contribution in [3.8, 4) is 11.3 Å². The molecule has 0 bridgehead atoms. The van der Waals surface area contributed by atoms with Crippen LogP contribution in [0.3, 0.4) is 0 Å². The number of rotatable bonds is 4. The van der Waals surface area contributed by atoms with Crippen LogP contribution >= 0.6 is 11.3 Å². The van der Waals surface area contributed by atoms with Gasteiger partial charge in [-0.3, -0.25) is 14.5 Å². The number of carbonyl (C=O) groups excluding carboxylic acids is 1. The van der Waals surface area contributed by atoms with Gasteiger partial charge in [-0.05, 0) is 13.8 Å². The van der Waals surface area contributed by atoms with Crippen LogP contribution in [0, 0.1) is 17.0 Å². The number of fused-ring (bicyclic) bond motifs is 1. The molecule has 2 heterocycles. The summed E-state index contributed by atoms with van der Waals surface area (Å²) in [7, 11) is 0. The monoisotopic (exact) mass is 331 g/mol. The summed E-state index contributed by atoms with van der Waals surface area (Å²) in [4.78, 5) is 27.9. The van der Waals surface area contributed by atoms with E-state index in [4.69, 9.17) is 4.74 Å². The fraction of sp³-hybridized carbons (Fsp3) is 0.200. The van der Waals surface area contributed by atoms with Gasteiger partial charge in [0.05, 0.1) is 17.2 Å². The zero-order valence-corrected chi connectivity index (χ0v) is 13.3. The SMILES string of the molecule is CCOC(=O)c1sc2nc(-c3cccc([N+](=O)[O-])c3)cn2c1C. The number of nitro benzene ring substituents is 1. The van der Waals surface area contributed by atoms with E-state index in [0.717, 1.165) is 5.69 Å². The molecule has 3 aromatic rings. The van der Waals surface area contributed by atoms with Crippen LogP contribution in [0.5, 0.6) is 0 Å². The largest absolute Gasteiger partial charge is 0.462 e. The Hall–Kier alpha value is -2.74. The maximum atomic E-state index is 11.9. The molecule has 2 aromatic heterocycles. The summed E-state index contributed by atoms with van der Waals surface area (Å²) in [5.74, 6) is -0.364. The van der Waals surface area contributed by atoms with E-state index in [1.807, 2.05) is 6.92 Å². The molecule has 0 aliphatic rings. The fourth-order valence-electron chi connectivity index (χ4n) is 2.25. The molecule has 23 heavy (non-hydrogen) atoms. The van der Waals surface area contributed by atoms with Gasteiger partial charge >= 0.3 is 5.97 Å². The van der Waals surface area contributed by atoms with Crippen molar-refractivity contribution in [3.05, 3.63) is 51.1 Å². The normalized spacial score (nSPS) is 10.9. The summed E-state index contributed by atoms with van der Waals surface area (Å²) >= 11 is 1.24. The molecule has 0 radical (unpaired) electrons. The van der Waals surface area contributed by atoms with E-state index in [2.05, 4.69) is 4.98 Å². The molecule has 0 fully saturated rings. The topological polar surface area (TPSA) is 86.7 Å². The molecule has 1 aromatic carbocycles. The summed E-state index contributed by atoms with van der Waals surface area (Å²) in [6.45, 7) is 3.89. The zero-order valence-electron chi connectivity index (χ0n) is 12.5. The molecule has 0 amide bonds. The fourth-order valence-corrected chi connectivity index (χ4v) is 3.26. The minimum absolute atomic E-state index is 0.0165. The lowest BCUT2D eigenvalue weighted by atomic mass is 10.1. The van der Waals surface area contributed by atoms with Gasteiger partial charge in [0.2, 0.25) is 0 Å². The molecule has 8 heteroatoms. The number of hydrogen-bond donors (Lipinski definition) is 0. The molecule has 0 atom stereocenters. The van der Waals surface area contributed by atoms with Gasteiger partial charge in [-0.2, -0.15) is 0 Å². The maximum Gasteiger partial charge on any atom is 0.350 e. The third-order valence-electron chi connectivity index (χ3n) is 3.37. The third kappa shape index (κ3) is 2.68. The van der Waals surface area contributed by atoms with Gasteiger partial charge in [-0.15, -0.1) is 0 Å². The van der Waals surface area contributed by atoms with Crippen molar-refractivity contribution in [2.75, 3.05) is 6.61 Å². The second-order valence-electron chi connectivity index (χ2n) is 4.82. The first-order chi connectivity index (χ1) is 11.0. The Bertz CT molecular complexity index is 913. The number of aromatic nitrogens is 2. The van der Waals surface area contributed by atoms with Crippen LogP contribution in [0.25, 0.3) is 16.2 Å². The van der Waals surface area contributed by atoms with Gasteiger partial charge in [0.25, 0.3) is 5.69 Å². The van der Waals surface area contributed by atoms with Crippen molar-refractivity contribution >= 4 is 28.0 Å². The van der Waals surface area contributed by atoms with E-state index in [-0.39, 0.29) is 11.7 Å². The minimum atomic E-state index is -0.438. The Morgan fingerprint density at radius 1 is 1.48 bits per heavy atom. The average Bonchev–Trinajstić information content (AvgIpc) is 3.08. The van der Waals surface area contributed by atoms with Crippen LogP contribution in [-0.4, -0.2) is 26.9 Å². The van der Waals surface area contributed by atoms with E-state index in [1.54, 1.807) is 29.7 Å². The van der Waals surface area contributed by atoms with Crippen molar-refractivity contribution in [1.82, 2.24) is 9.38 Å². The van der Waals surface area contributed by atoms with E-state index >= 15 is 0 Å². The lowest BCUT2D eigenvalue weighted by Gasteiger charge is -1.99. The van der Waals surface area contributed by atoms with Crippen LogP contribution in [-0.2, 0) is 4.74 Å². The lowest BCUT2D eigenvalue weighted by molar-refractivity contribution is -0.384. The summed E-state index contributed by atoms with van der Waals surface area (Å²) in [5.41, 5.74) is 2.04. The number of ether oxygens (including phenoxy) is 1. The molecule has 0 saturated carbocycles. The highest BCUT2D eigenvalue weighted by Crippen LogP contribution is 2.29. The number of thiazole rings is 1. The van der Waals surface area contributed by atoms with Crippen LogP contribution in [0.4, 0.5) is 5.69 Å². The molecule has 0 spiro atoms. The Balaban J connectivity index is 2.03.